The average Bonchev–Trinajstić information content (AvgIpc) is 2.89. The van der Waals surface area contributed by atoms with E-state index in [1.807, 2.05) is 49.4 Å². The van der Waals surface area contributed by atoms with Gasteiger partial charge in [-0.05, 0) is 36.6 Å². The first kappa shape index (κ1) is 28.2. The fraction of sp³-hybridized carbons (Fsp3) is 0.357. The molecule has 0 saturated heterocycles. The molecule has 1 aliphatic heterocycles. The van der Waals surface area contributed by atoms with Crippen LogP contribution in [0.25, 0.3) is 10.8 Å². The van der Waals surface area contributed by atoms with E-state index in [2.05, 4.69) is 10.0 Å². The highest BCUT2D eigenvalue weighted by molar-refractivity contribution is 7.92. The molecule has 0 aromatic heterocycles. The molecular formula is C28H34N4O6S. The van der Waals surface area contributed by atoms with Crippen molar-refractivity contribution in [1.29, 1.82) is 0 Å². The molecule has 1 aliphatic rings. The highest BCUT2D eigenvalue weighted by Gasteiger charge is 2.34. The number of ether oxygens (including phenoxy) is 1. The van der Waals surface area contributed by atoms with Crippen LogP contribution in [-0.4, -0.2) is 80.4 Å². The van der Waals surface area contributed by atoms with Crippen LogP contribution in [0.3, 0.4) is 0 Å². The Bertz CT molecular complexity index is 1470. The van der Waals surface area contributed by atoms with Crippen molar-refractivity contribution in [2.45, 2.75) is 26.0 Å². The van der Waals surface area contributed by atoms with Crippen molar-refractivity contribution >= 4 is 44.1 Å². The van der Waals surface area contributed by atoms with Crippen LogP contribution in [0.4, 0.5) is 16.2 Å². The Morgan fingerprint density at radius 2 is 1.90 bits per heavy atom. The smallest absolute Gasteiger partial charge is 0.321 e. The lowest BCUT2D eigenvalue weighted by atomic mass is 9.99. The van der Waals surface area contributed by atoms with E-state index < -0.39 is 22.2 Å². The third-order valence-electron chi connectivity index (χ3n) is 6.80. The van der Waals surface area contributed by atoms with Gasteiger partial charge in [0, 0.05) is 30.6 Å². The largest absolute Gasteiger partial charge is 0.487 e. The summed E-state index contributed by atoms with van der Waals surface area (Å²) >= 11 is 0. The molecule has 10 nitrogen and oxygen atoms in total. The van der Waals surface area contributed by atoms with E-state index in [0.717, 1.165) is 17.0 Å². The highest BCUT2D eigenvalue weighted by Crippen LogP contribution is 2.31. The molecule has 0 bridgehead atoms. The molecule has 208 valence electrons. The Morgan fingerprint density at radius 3 is 2.62 bits per heavy atom. The Labute approximate surface area is 228 Å². The minimum absolute atomic E-state index is 0.170. The van der Waals surface area contributed by atoms with Crippen LogP contribution in [0.2, 0.25) is 0 Å². The molecule has 3 N–H and O–H groups in total. The van der Waals surface area contributed by atoms with Gasteiger partial charge in [0.05, 0.1) is 36.7 Å². The maximum atomic E-state index is 13.5. The number of carbonyl (C=O) groups is 2. The number of urea groups is 1. The molecule has 0 radical (unpaired) electrons. The summed E-state index contributed by atoms with van der Waals surface area (Å²) in [5.41, 5.74) is 1.09. The fourth-order valence-electron chi connectivity index (χ4n) is 4.62. The number of likely N-dealkylation sites (N-methyl/N-ethyl adjacent to an activating group) is 1. The maximum absolute atomic E-state index is 13.5. The van der Waals surface area contributed by atoms with Crippen LogP contribution in [0.1, 0.15) is 24.2 Å². The number of amides is 3. The first-order valence-corrected chi connectivity index (χ1v) is 14.6. The summed E-state index contributed by atoms with van der Waals surface area (Å²) in [7, 11) is -1.89. The molecule has 0 spiro atoms. The predicted octanol–water partition coefficient (Wildman–Crippen LogP) is 3.60. The van der Waals surface area contributed by atoms with Gasteiger partial charge in [0.15, 0.2) is 0 Å². The lowest BCUT2D eigenvalue weighted by molar-refractivity contribution is 0.0371. The standard InChI is InChI=1S/C28H34N4O6S/c1-18-15-32(19(2)17-33)27(34)23-14-21(30-39(4,36)37)12-13-25(23)38-26(18)16-31(3)28(35)29-24-11-7-9-20-8-5-6-10-22(20)24/h5-14,18-19,26,30,33H,15-17H2,1-4H3,(H,29,35)/t18-,19+,26-/m0/s1. The number of hydrogen-bond donors (Lipinski definition) is 3. The Balaban J connectivity index is 1.60. The molecule has 3 amide bonds. The number of anilines is 2. The van der Waals surface area contributed by atoms with Crippen molar-refractivity contribution in [2.24, 2.45) is 5.92 Å². The van der Waals surface area contributed by atoms with E-state index >= 15 is 0 Å². The summed E-state index contributed by atoms with van der Waals surface area (Å²) in [5.74, 6) is -0.303. The monoisotopic (exact) mass is 554 g/mol. The van der Waals surface area contributed by atoms with Gasteiger partial charge in [0.1, 0.15) is 11.9 Å². The number of carbonyl (C=O) groups excluding carboxylic acids is 2. The van der Waals surface area contributed by atoms with Crippen LogP contribution in [0, 0.1) is 5.92 Å². The van der Waals surface area contributed by atoms with Gasteiger partial charge in [-0.1, -0.05) is 43.3 Å². The van der Waals surface area contributed by atoms with Crippen LogP contribution in [0.15, 0.2) is 60.7 Å². The molecule has 0 unspecified atom stereocenters. The van der Waals surface area contributed by atoms with Crippen LogP contribution in [-0.2, 0) is 10.0 Å². The number of aliphatic hydroxyl groups is 1. The average molecular weight is 555 g/mol. The van der Waals surface area contributed by atoms with Crippen molar-refractivity contribution in [1.82, 2.24) is 9.80 Å². The van der Waals surface area contributed by atoms with Gasteiger partial charge in [-0.15, -0.1) is 0 Å². The van der Waals surface area contributed by atoms with Gasteiger partial charge >= 0.3 is 6.03 Å². The minimum atomic E-state index is -3.56. The first-order chi connectivity index (χ1) is 18.5. The molecular weight excluding hydrogens is 520 g/mol. The number of aliphatic hydroxyl groups excluding tert-OH is 1. The summed E-state index contributed by atoms with van der Waals surface area (Å²) in [5, 5.41) is 14.7. The second-order valence-corrected chi connectivity index (χ2v) is 11.8. The number of nitrogens with one attached hydrogen (secondary N) is 2. The van der Waals surface area contributed by atoms with E-state index in [-0.39, 0.29) is 54.6 Å². The summed E-state index contributed by atoms with van der Waals surface area (Å²) in [6.45, 7) is 3.91. The number of hydrogen-bond acceptors (Lipinski definition) is 6. The van der Waals surface area contributed by atoms with Crippen molar-refractivity contribution < 1.29 is 27.9 Å². The summed E-state index contributed by atoms with van der Waals surface area (Å²) in [6, 6.07) is 17.2. The van der Waals surface area contributed by atoms with Crippen molar-refractivity contribution in [2.75, 3.05) is 43.0 Å². The summed E-state index contributed by atoms with van der Waals surface area (Å²) in [6.07, 6.45) is 0.529. The van der Waals surface area contributed by atoms with E-state index in [4.69, 9.17) is 4.74 Å². The molecule has 11 heteroatoms. The van der Waals surface area contributed by atoms with Gasteiger partial charge in [0.25, 0.3) is 5.91 Å². The quantitative estimate of drug-likeness (QED) is 0.410. The number of fused-ring (bicyclic) bond motifs is 2. The van der Waals surface area contributed by atoms with Gasteiger partial charge < -0.3 is 25.0 Å². The summed E-state index contributed by atoms with van der Waals surface area (Å²) in [4.78, 5) is 29.8. The van der Waals surface area contributed by atoms with E-state index in [1.165, 1.54) is 17.0 Å². The predicted molar refractivity (Wildman–Crippen MR) is 152 cm³/mol. The zero-order valence-corrected chi connectivity index (χ0v) is 23.2. The molecule has 0 saturated carbocycles. The van der Waals surface area contributed by atoms with Crippen LogP contribution in [0.5, 0.6) is 5.75 Å². The first-order valence-electron chi connectivity index (χ1n) is 12.7. The molecule has 39 heavy (non-hydrogen) atoms. The molecule has 0 aliphatic carbocycles. The van der Waals surface area contributed by atoms with E-state index in [9.17, 15) is 23.1 Å². The second kappa shape index (κ2) is 11.5. The topological polar surface area (TPSA) is 128 Å². The Morgan fingerprint density at radius 1 is 1.18 bits per heavy atom. The molecule has 0 fully saturated rings. The van der Waals surface area contributed by atoms with E-state index in [0.29, 0.717) is 5.69 Å². The number of sulfonamides is 1. The van der Waals surface area contributed by atoms with Gasteiger partial charge in [0.2, 0.25) is 10.0 Å². The highest BCUT2D eigenvalue weighted by atomic mass is 32.2. The van der Waals surface area contributed by atoms with Gasteiger partial charge in [-0.2, -0.15) is 0 Å². The SMILES string of the molecule is C[C@H](CO)N1C[C@H](C)[C@H](CN(C)C(=O)Nc2cccc3ccccc23)Oc2ccc(NS(C)(=O)=O)cc2C1=O. The number of nitrogens with zero attached hydrogens (tertiary/aromatic N) is 2. The zero-order valence-electron chi connectivity index (χ0n) is 22.4. The van der Waals surface area contributed by atoms with E-state index in [1.54, 1.807) is 24.9 Å². The van der Waals surface area contributed by atoms with Gasteiger partial charge in [-0.25, -0.2) is 13.2 Å². The minimum Gasteiger partial charge on any atom is -0.487 e. The van der Waals surface area contributed by atoms with Crippen LogP contribution >= 0.6 is 0 Å². The van der Waals surface area contributed by atoms with Crippen molar-refractivity contribution in [3.05, 3.63) is 66.2 Å². The van der Waals surface area contributed by atoms with Crippen molar-refractivity contribution in [3.8, 4) is 5.75 Å². The second-order valence-electron chi connectivity index (χ2n) is 10.0. The third kappa shape index (κ3) is 6.61. The summed E-state index contributed by atoms with van der Waals surface area (Å²) < 4.78 is 32.2. The molecule has 3 atom stereocenters. The lowest BCUT2D eigenvalue weighted by Crippen LogP contribution is -2.50. The fourth-order valence-corrected chi connectivity index (χ4v) is 5.17. The molecule has 3 aromatic carbocycles. The van der Waals surface area contributed by atoms with Crippen LogP contribution < -0.4 is 14.8 Å². The van der Waals surface area contributed by atoms with Gasteiger partial charge in [-0.3, -0.25) is 9.52 Å². The maximum Gasteiger partial charge on any atom is 0.321 e. The lowest BCUT2D eigenvalue weighted by Gasteiger charge is -2.38. The molecule has 3 aromatic rings. The normalized spacial score (nSPS) is 18.4. The van der Waals surface area contributed by atoms with Crippen molar-refractivity contribution in [3.63, 3.8) is 0 Å². The molecule has 4 rings (SSSR count). The number of rotatable bonds is 7. The zero-order chi connectivity index (χ0) is 28.3. The third-order valence-corrected chi connectivity index (χ3v) is 7.41. The Hall–Kier alpha value is -3.83. The molecule has 1 heterocycles. The Kier molecular flexibility index (Phi) is 8.31. The number of benzene rings is 3.